The molecular weight excluding hydrogens is 470 g/mol. The topological polar surface area (TPSA) is 143 Å². The van der Waals surface area contributed by atoms with Crippen LogP contribution in [0.2, 0.25) is 0 Å². The Kier molecular flexibility index (Phi) is 11.4. The van der Waals surface area contributed by atoms with Gasteiger partial charge in [-0.3, -0.25) is 24.3 Å². The molecule has 11 heteroatoms. The molecule has 1 aromatic rings. The Balaban J connectivity index is 2.46. The van der Waals surface area contributed by atoms with Crippen molar-refractivity contribution in [3.63, 3.8) is 0 Å². The molecule has 200 valence electrons. The van der Waals surface area contributed by atoms with E-state index in [0.717, 1.165) is 10.5 Å². The fraction of sp³-hybridized carbons (Fsp3) is 0.600. The number of carbonyl (C=O) groups is 3. The van der Waals surface area contributed by atoms with Crippen molar-refractivity contribution < 1.29 is 23.2 Å². The second kappa shape index (κ2) is 14.0. The summed E-state index contributed by atoms with van der Waals surface area (Å²) in [5.74, 6) is -6.69. The Bertz CT molecular complexity index is 902. The number of imide groups is 1. The number of benzene rings is 1. The molecule has 0 radical (unpaired) electrons. The highest BCUT2D eigenvalue weighted by Crippen LogP contribution is 2.28. The van der Waals surface area contributed by atoms with Crippen LogP contribution in [-0.2, 0) is 20.8 Å². The van der Waals surface area contributed by atoms with Crippen LogP contribution in [0.1, 0.15) is 51.0 Å². The van der Waals surface area contributed by atoms with Gasteiger partial charge in [-0.25, -0.2) is 0 Å². The number of hydrogen-bond acceptors (Lipinski definition) is 6. The first-order valence-corrected chi connectivity index (χ1v) is 12.4. The lowest BCUT2D eigenvalue weighted by molar-refractivity contribution is -0.162. The van der Waals surface area contributed by atoms with Gasteiger partial charge in [0.25, 0.3) is 0 Å². The number of nitrogens with one attached hydrogen (secondary N) is 2. The lowest BCUT2D eigenvalue weighted by Crippen LogP contribution is -2.60. The number of carbonyl (C=O) groups excluding carboxylic acids is 3. The van der Waals surface area contributed by atoms with Crippen molar-refractivity contribution in [1.82, 2.24) is 15.5 Å². The minimum atomic E-state index is -3.69. The number of rotatable bonds is 14. The molecule has 9 nitrogen and oxygen atoms in total. The van der Waals surface area contributed by atoms with Crippen molar-refractivity contribution >= 4 is 23.6 Å². The number of nitrogens with zero attached hydrogens (tertiary/aromatic N) is 2. The molecule has 1 aromatic carbocycles. The summed E-state index contributed by atoms with van der Waals surface area (Å²) in [6, 6.07) is 5.86. The van der Waals surface area contributed by atoms with Gasteiger partial charge in [-0.05, 0) is 57.7 Å². The highest BCUT2D eigenvalue weighted by Gasteiger charge is 2.48. The van der Waals surface area contributed by atoms with Crippen LogP contribution >= 0.6 is 0 Å². The number of ketones is 1. The third kappa shape index (κ3) is 8.06. The van der Waals surface area contributed by atoms with Crippen LogP contribution in [0.3, 0.4) is 0 Å². The molecule has 6 N–H and O–H groups in total. The first kappa shape index (κ1) is 29.3. The van der Waals surface area contributed by atoms with Crippen LogP contribution in [0.25, 0.3) is 0 Å². The van der Waals surface area contributed by atoms with Crippen molar-refractivity contribution in [3.05, 3.63) is 35.9 Å². The molecule has 1 aliphatic rings. The van der Waals surface area contributed by atoms with Gasteiger partial charge in [-0.1, -0.05) is 37.3 Å². The van der Waals surface area contributed by atoms with Crippen molar-refractivity contribution in [2.75, 3.05) is 20.1 Å². The van der Waals surface area contributed by atoms with Crippen molar-refractivity contribution in [2.24, 2.45) is 16.5 Å². The molecule has 0 aromatic heterocycles. The van der Waals surface area contributed by atoms with Gasteiger partial charge in [-0.15, -0.1) is 0 Å². The van der Waals surface area contributed by atoms with E-state index in [1.807, 2.05) is 30.3 Å². The van der Waals surface area contributed by atoms with E-state index in [1.54, 1.807) is 14.0 Å². The molecule has 36 heavy (non-hydrogen) atoms. The van der Waals surface area contributed by atoms with Crippen LogP contribution in [0, 0.1) is 0 Å². The van der Waals surface area contributed by atoms with E-state index in [9.17, 15) is 23.2 Å². The largest absolute Gasteiger partial charge is 0.370 e. The first-order valence-electron chi connectivity index (χ1n) is 12.4. The van der Waals surface area contributed by atoms with Gasteiger partial charge in [0.05, 0.1) is 12.1 Å². The summed E-state index contributed by atoms with van der Waals surface area (Å²) in [4.78, 5) is 45.2. The Morgan fingerprint density at radius 2 is 1.94 bits per heavy atom. The molecule has 1 saturated heterocycles. The predicted octanol–water partition coefficient (Wildman–Crippen LogP) is 1.35. The van der Waals surface area contributed by atoms with E-state index in [0.29, 0.717) is 19.4 Å². The van der Waals surface area contributed by atoms with E-state index < -0.39 is 48.1 Å². The summed E-state index contributed by atoms with van der Waals surface area (Å²) in [6.07, 6.45) is 0.721. The minimum Gasteiger partial charge on any atom is -0.370 e. The highest BCUT2D eigenvalue weighted by molar-refractivity contribution is 6.05. The molecule has 1 aliphatic heterocycles. The molecule has 1 heterocycles. The Labute approximate surface area is 211 Å². The maximum absolute atomic E-state index is 14.9. The van der Waals surface area contributed by atoms with E-state index in [1.165, 1.54) is 0 Å². The minimum absolute atomic E-state index is 0.0681. The maximum atomic E-state index is 14.9. The number of nitrogens with two attached hydrogens (primary N) is 2. The Hall–Kier alpha value is -2.92. The van der Waals surface area contributed by atoms with Crippen LogP contribution in [0.4, 0.5) is 8.78 Å². The first-order chi connectivity index (χ1) is 17.1. The number of halogens is 2. The lowest BCUT2D eigenvalue weighted by atomic mass is 9.94. The molecule has 1 unspecified atom stereocenters. The van der Waals surface area contributed by atoms with Crippen molar-refractivity contribution in [2.45, 2.75) is 75.9 Å². The van der Waals surface area contributed by atoms with E-state index in [-0.39, 0.29) is 38.2 Å². The standard InChI is InChI=1S/C25H38F2N6O3/c1-3-13-25(26,27)21(34)20(12-8-15-32-24(28)29)33(22(35)18-11-7-14-31-18)23(36)19(30-2)16-17-9-5-4-6-10-17/h4-6,9-10,18-20,30-31H,3,7-8,11-16H2,1-2H3,(H4,28,29,32)/t18-,19+,20?/m0/s1. The number of hydrogen-bond donors (Lipinski definition) is 4. The Morgan fingerprint density at radius 1 is 1.25 bits per heavy atom. The van der Waals surface area contributed by atoms with Gasteiger partial charge in [0.2, 0.25) is 17.6 Å². The molecule has 0 saturated carbocycles. The van der Waals surface area contributed by atoms with Crippen LogP contribution in [-0.4, -0.2) is 72.6 Å². The van der Waals surface area contributed by atoms with Gasteiger partial charge < -0.3 is 22.1 Å². The van der Waals surface area contributed by atoms with Gasteiger partial charge in [-0.2, -0.15) is 8.78 Å². The quantitative estimate of drug-likeness (QED) is 0.169. The number of Topliss-reactive ketones (excluding diaryl/α,β-unsaturated/α-hetero) is 1. The summed E-state index contributed by atoms with van der Waals surface area (Å²) >= 11 is 0. The second-order valence-electron chi connectivity index (χ2n) is 9.01. The van der Waals surface area contributed by atoms with Crippen LogP contribution < -0.4 is 22.1 Å². The van der Waals surface area contributed by atoms with Gasteiger partial charge in [0, 0.05) is 13.0 Å². The van der Waals surface area contributed by atoms with E-state index in [2.05, 4.69) is 15.6 Å². The summed E-state index contributed by atoms with van der Waals surface area (Å²) < 4.78 is 29.8. The average Bonchev–Trinajstić information content (AvgIpc) is 3.39. The van der Waals surface area contributed by atoms with Crippen molar-refractivity contribution in [3.8, 4) is 0 Å². The predicted molar refractivity (Wildman–Crippen MR) is 134 cm³/mol. The number of alkyl halides is 2. The van der Waals surface area contributed by atoms with Crippen LogP contribution in [0.15, 0.2) is 35.3 Å². The number of likely N-dealkylation sites (N-methyl/N-ethyl adjacent to an activating group) is 1. The summed E-state index contributed by atoms with van der Waals surface area (Å²) in [7, 11) is 1.56. The third-order valence-corrected chi connectivity index (χ3v) is 6.23. The van der Waals surface area contributed by atoms with Gasteiger partial charge in [0.15, 0.2) is 5.96 Å². The molecule has 2 amide bonds. The van der Waals surface area contributed by atoms with Gasteiger partial charge in [0.1, 0.15) is 6.04 Å². The monoisotopic (exact) mass is 508 g/mol. The Morgan fingerprint density at radius 3 is 2.50 bits per heavy atom. The number of amides is 2. The maximum Gasteiger partial charge on any atom is 0.307 e. The molecule has 1 fully saturated rings. The summed E-state index contributed by atoms with van der Waals surface area (Å²) in [6.45, 7) is 2.18. The molecule has 0 spiro atoms. The van der Waals surface area contributed by atoms with Crippen LogP contribution in [0.5, 0.6) is 0 Å². The molecule has 2 rings (SSSR count). The highest BCUT2D eigenvalue weighted by atomic mass is 19.3. The molecule has 0 aliphatic carbocycles. The third-order valence-electron chi connectivity index (χ3n) is 6.23. The lowest BCUT2D eigenvalue weighted by Gasteiger charge is -2.35. The fourth-order valence-electron chi connectivity index (χ4n) is 4.36. The van der Waals surface area contributed by atoms with E-state index >= 15 is 0 Å². The average molecular weight is 509 g/mol. The fourth-order valence-corrected chi connectivity index (χ4v) is 4.36. The molecule has 3 atom stereocenters. The second-order valence-corrected chi connectivity index (χ2v) is 9.01. The molecular formula is C25H38F2N6O3. The zero-order valence-electron chi connectivity index (χ0n) is 21.0. The molecule has 0 bridgehead atoms. The van der Waals surface area contributed by atoms with Crippen molar-refractivity contribution in [1.29, 1.82) is 0 Å². The summed E-state index contributed by atoms with van der Waals surface area (Å²) in [5.41, 5.74) is 11.5. The van der Waals surface area contributed by atoms with E-state index in [4.69, 9.17) is 11.5 Å². The normalized spacial score (nSPS) is 17.3. The zero-order chi connectivity index (χ0) is 26.7. The summed E-state index contributed by atoms with van der Waals surface area (Å²) in [5, 5.41) is 5.92. The number of guanidine groups is 1. The SMILES string of the molecule is CCCC(F)(F)C(=O)C(CCCN=C(N)N)N(C(=O)[C@@H]1CCCN1)C(=O)[C@@H](Cc1ccccc1)NC. The smallest absolute Gasteiger partial charge is 0.307 e. The number of aliphatic imine (C=N–C) groups is 1. The zero-order valence-corrected chi connectivity index (χ0v) is 21.0. The van der Waals surface area contributed by atoms with Gasteiger partial charge >= 0.3 is 5.92 Å².